The topological polar surface area (TPSA) is 56.1 Å². The number of allylic oxidation sites excluding steroid dienone is 2. The number of nitrogens with one attached hydrogen (secondary N) is 1. The van der Waals surface area contributed by atoms with Crippen molar-refractivity contribution in [2.75, 3.05) is 19.0 Å². The summed E-state index contributed by atoms with van der Waals surface area (Å²) in [6, 6.07) is 19.5. The minimum atomic E-state index is -0.378. The molecule has 0 saturated carbocycles. The maximum Gasteiger partial charge on any atom is 0.262 e. The summed E-state index contributed by atoms with van der Waals surface area (Å²) in [4.78, 5) is 14.3. The maximum absolute atomic E-state index is 12.3. The monoisotopic (exact) mass is 345 g/mol. The standard InChI is InChI=1S/C22H23N3O/c1-17(19-9-5-4-6-10-19)24-22(26)20(16-23)11-7-8-18-12-14-21(15-13-18)25(2)3/h4-15,17H,1-3H3,(H,24,26)/b8-7+,20-11-/t17-/m1/s1. The van der Waals surface area contributed by atoms with E-state index in [1.807, 2.05) is 92.7 Å². The van der Waals surface area contributed by atoms with E-state index < -0.39 is 0 Å². The molecule has 0 bridgehead atoms. The summed E-state index contributed by atoms with van der Waals surface area (Å²) < 4.78 is 0. The Balaban J connectivity index is 2.02. The molecule has 0 heterocycles. The lowest BCUT2D eigenvalue weighted by Gasteiger charge is -2.13. The van der Waals surface area contributed by atoms with E-state index in [1.54, 1.807) is 6.08 Å². The van der Waals surface area contributed by atoms with Crippen molar-refractivity contribution in [3.05, 3.63) is 83.4 Å². The number of benzene rings is 2. The molecule has 0 aliphatic carbocycles. The maximum atomic E-state index is 12.3. The minimum Gasteiger partial charge on any atom is -0.378 e. The Morgan fingerprint density at radius 1 is 1.12 bits per heavy atom. The van der Waals surface area contributed by atoms with E-state index in [4.69, 9.17) is 0 Å². The zero-order chi connectivity index (χ0) is 18.9. The van der Waals surface area contributed by atoms with Gasteiger partial charge in [0.1, 0.15) is 11.6 Å². The summed E-state index contributed by atoms with van der Waals surface area (Å²) in [6.45, 7) is 1.89. The molecular weight excluding hydrogens is 322 g/mol. The summed E-state index contributed by atoms with van der Waals surface area (Å²) in [6.07, 6.45) is 5.12. The molecule has 132 valence electrons. The fourth-order valence-corrected chi connectivity index (χ4v) is 2.40. The molecule has 0 aromatic heterocycles. The zero-order valence-corrected chi connectivity index (χ0v) is 15.3. The van der Waals surface area contributed by atoms with Crippen molar-refractivity contribution in [3.8, 4) is 6.07 Å². The molecule has 2 aromatic carbocycles. The highest BCUT2D eigenvalue weighted by Gasteiger charge is 2.12. The number of amides is 1. The Bertz CT molecular complexity index is 828. The number of carbonyl (C=O) groups excluding carboxylic acids is 1. The van der Waals surface area contributed by atoms with E-state index in [0.29, 0.717) is 0 Å². The molecule has 26 heavy (non-hydrogen) atoms. The molecule has 2 aromatic rings. The van der Waals surface area contributed by atoms with Gasteiger partial charge in [0, 0.05) is 19.8 Å². The first-order chi connectivity index (χ1) is 12.5. The Kier molecular flexibility index (Phi) is 6.75. The number of hydrogen-bond donors (Lipinski definition) is 1. The SMILES string of the molecule is C[C@@H](NC(=O)/C(C#N)=C\C=C\c1ccc(N(C)C)cc1)c1ccccc1. The van der Waals surface area contributed by atoms with Crippen LogP contribution in [0.5, 0.6) is 0 Å². The Morgan fingerprint density at radius 3 is 2.35 bits per heavy atom. The Hall–Kier alpha value is -3.32. The van der Waals surface area contributed by atoms with Gasteiger partial charge in [-0.2, -0.15) is 5.26 Å². The van der Waals surface area contributed by atoms with Crippen molar-refractivity contribution in [2.45, 2.75) is 13.0 Å². The van der Waals surface area contributed by atoms with Crippen LogP contribution in [-0.4, -0.2) is 20.0 Å². The molecule has 4 nitrogen and oxygen atoms in total. The van der Waals surface area contributed by atoms with Gasteiger partial charge in [0.05, 0.1) is 6.04 Å². The number of rotatable bonds is 6. The minimum absolute atomic E-state index is 0.0777. The molecule has 0 fully saturated rings. The highest BCUT2D eigenvalue weighted by atomic mass is 16.1. The number of anilines is 1. The average molecular weight is 345 g/mol. The molecule has 2 rings (SSSR count). The first-order valence-electron chi connectivity index (χ1n) is 8.43. The normalized spacial score (nSPS) is 12.5. The van der Waals surface area contributed by atoms with Gasteiger partial charge < -0.3 is 10.2 Å². The first kappa shape index (κ1) is 19.0. The van der Waals surface area contributed by atoms with Crippen molar-refractivity contribution in [2.24, 2.45) is 0 Å². The van der Waals surface area contributed by atoms with Crippen molar-refractivity contribution in [1.29, 1.82) is 5.26 Å². The van der Waals surface area contributed by atoms with E-state index in [2.05, 4.69) is 5.32 Å². The molecule has 0 spiro atoms. The van der Waals surface area contributed by atoms with E-state index in [9.17, 15) is 10.1 Å². The quantitative estimate of drug-likeness (QED) is 0.487. The summed E-state index contributed by atoms with van der Waals surface area (Å²) in [5.74, 6) is -0.378. The highest BCUT2D eigenvalue weighted by molar-refractivity contribution is 5.97. The van der Waals surface area contributed by atoms with Crippen LogP contribution in [0.15, 0.2) is 72.3 Å². The predicted octanol–water partition coefficient (Wildman–Crippen LogP) is 4.09. The number of nitrogens with zero attached hydrogens (tertiary/aromatic N) is 2. The van der Waals surface area contributed by atoms with E-state index in [1.165, 1.54) is 6.08 Å². The molecule has 0 saturated heterocycles. The van der Waals surface area contributed by atoms with Crippen LogP contribution in [0.1, 0.15) is 24.1 Å². The predicted molar refractivity (Wildman–Crippen MR) is 106 cm³/mol. The van der Waals surface area contributed by atoms with Crippen molar-refractivity contribution < 1.29 is 4.79 Å². The summed E-state index contributed by atoms with van der Waals surface area (Å²) in [5, 5.41) is 12.1. The molecule has 4 heteroatoms. The van der Waals surface area contributed by atoms with Gasteiger partial charge in [-0.1, -0.05) is 54.6 Å². The van der Waals surface area contributed by atoms with Crippen molar-refractivity contribution >= 4 is 17.7 Å². The second kappa shape index (κ2) is 9.24. The molecular formula is C22H23N3O. The summed E-state index contributed by atoms with van der Waals surface area (Å²) in [7, 11) is 3.98. The van der Waals surface area contributed by atoms with Gasteiger partial charge in [-0.15, -0.1) is 0 Å². The van der Waals surface area contributed by atoms with Gasteiger partial charge in [-0.3, -0.25) is 4.79 Å². The highest BCUT2D eigenvalue weighted by Crippen LogP contribution is 2.14. The van der Waals surface area contributed by atoms with E-state index in [0.717, 1.165) is 16.8 Å². The van der Waals surface area contributed by atoms with E-state index in [-0.39, 0.29) is 17.5 Å². The van der Waals surface area contributed by atoms with Crippen LogP contribution >= 0.6 is 0 Å². The fourth-order valence-electron chi connectivity index (χ4n) is 2.40. The number of hydrogen-bond acceptors (Lipinski definition) is 3. The number of nitriles is 1. The molecule has 0 aliphatic heterocycles. The average Bonchev–Trinajstić information content (AvgIpc) is 2.66. The van der Waals surface area contributed by atoms with Crippen LogP contribution in [0.3, 0.4) is 0 Å². The van der Waals surface area contributed by atoms with Gasteiger partial charge in [0.25, 0.3) is 5.91 Å². The molecule has 1 atom stereocenters. The van der Waals surface area contributed by atoms with Gasteiger partial charge in [0.2, 0.25) is 0 Å². The molecule has 1 amide bonds. The molecule has 0 unspecified atom stereocenters. The molecule has 1 N–H and O–H groups in total. The van der Waals surface area contributed by atoms with Crippen LogP contribution in [0.4, 0.5) is 5.69 Å². The van der Waals surface area contributed by atoms with Crippen LogP contribution in [-0.2, 0) is 4.79 Å². The fraction of sp³-hybridized carbons (Fsp3) is 0.182. The second-order valence-electron chi connectivity index (χ2n) is 6.14. The molecule has 0 radical (unpaired) electrons. The third kappa shape index (κ3) is 5.35. The van der Waals surface area contributed by atoms with Crippen LogP contribution in [0, 0.1) is 11.3 Å². The third-order valence-corrected chi connectivity index (χ3v) is 3.97. The second-order valence-corrected chi connectivity index (χ2v) is 6.14. The lowest BCUT2D eigenvalue weighted by Crippen LogP contribution is -2.27. The molecule has 0 aliphatic rings. The smallest absolute Gasteiger partial charge is 0.262 e. The van der Waals surface area contributed by atoms with Crippen molar-refractivity contribution in [3.63, 3.8) is 0 Å². The van der Waals surface area contributed by atoms with Crippen molar-refractivity contribution in [1.82, 2.24) is 5.32 Å². The first-order valence-corrected chi connectivity index (χ1v) is 8.43. The van der Waals surface area contributed by atoms with Gasteiger partial charge >= 0.3 is 0 Å². The van der Waals surface area contributed by atoms with E-state index >= 15 is 0 Å². The van der Waals surface area contributed by atoms with Crippen LogP contribution in [0.25, 0.3) is 6.08 Å². The summed E-state index contributed by atoms with van der Waals surface area (Å²) in [5.41, 5.74) is 3.19. The van der Waals surface area contributed by atoms with Gasteiger partial charge in [-0.05, 0) is 36.3 Å². The van der Waals surface area contributed by atoms with Gasteiger partial charge in [-0.25, -0.2) is 0 Å². The third-order valence-electron chi connectivity index (χ3n) is 3.97. The lowest BCUT2D eigenvalue weighted by molar-refractivity contribution is -0.117. The largest absolute Gasteiger partial charge is 0.378 e. The Labute approximate surface area is 155 Å². The van der Waals surface area contributed by atoms with Crippen LogP contribution < -0.4 is 10.2 Å². The number of carbonyl (C=O) groups is 1. The van der Waals surface area contributed by atoms with Crippen LogP contribution in [0.2, 0.25) is 0 Å². The summed E-state index contributed by atoms with van der Waals surface area (Å²) >= 11 is 0. The van der Waals surface area contributed by atoms with Gasteiger partial charge in [0.15, 0.2) is 0 Å². The lowest BCUT2D eigenvalue weighted by atomic mass is 10.1. The zero-order valence-electron chi connectivity index (χ0n) is 15.3. The Morgan fingerprint density at radius 2 is 1.77 bits per heavy atom.